The third-order valence-electron chi connectivity index (χ3n) is 2.76. The monoisotopic (exact) mass is 218 g/mol. The lowest BCUT2D eigenvalue weighted by Crippen LogP contribution is -2.27. The van der Waals surface area contributed by atoms with Gasteiger partial charge in [-0.15, -0.1) is 0 Å². The molecule has 0 unspecified atom stereocenters. The molecule has 0 spiro atoms. The molecule has 1 heterocycles. The Kier molecular flexibility index (Phi) is 5.09. The van der Waals surface area contributed by atoms with E-state index < -0.39 is 8.07 Å². The SMILES string of the molecule is C[Si](C)(CCCO)CCC1OCCO1. The Morgan fingerprint density at radius 2 is 1.86 bits per heavy atom. The summed E-state index contributed by atoms with van der Waals surface area (Å²) in [4.78, 5) is 0. The predicted octanol–water partition coefficient (Wildman–Crippen LogP) is 1.84. The molecule has 0 bridgehead atoms. The fourth-order valence-corrected chi connectivity index (χ4v) is 4.15. The van der Waals surface area contributed by atoms with Gasteiger partial charge in [0.05, 0.1) is 13.2 Å². The first-order valence-electron chi connectivity index (χ1n) is 5.48. The lowest BCUT2D eigenvalue weighted by atomic mass is 10.5. The summed E-state index contributed by atoms with van der Waals surface area (Å²) in [5.41, 5.74) is 0. The highest BCUT2D eigenvalue weighted by molar-refractivity contribution is 6.77. The van der Waals surface area contributed by atoms with Gasteiger partial charge >= 0.3 is 0 Å². The molecule has 84 valence electrons. The van der Waals surface area contributed by atoms with Gasteiger partial charge in [-0.05, 0) is 12.8 Å². The molecular formula is C10H22O3Si. The van der Waals surface area contributed by atoms with Crippen molar-refractivity contribution in [2.75, 3.05) is 19.8 Å². The van der Waals surface area contributed by atoms with Gasteiger partial charge < -0.3 is 14.6 Å². The highest BCUT2D eigenvalue weighted by Crippen LogP contribution is 2.22. The molecule has 1 aliphatic heterocycles. The molecule has 0 amide bonds. The van der Waals surface area contributed by atoms with E-state index >= 15 is 0 Å². The Hall–Kier alpha value is 0.0969. The second kappa shape index (κ2) is 5.85. The van der Waals surface area contributed by atoms with Gasteiger partial charge in [0.15, 0.2) is 6.29 Å². The van der Waals surface area contributed by atoms with Crippen LogP contribution in [0.25, 0.3) is 0 Å². The van der Waals surface area contributed by atoms with E-state index in [0.29, 0.717) is 6.61 Å². The first-order valence-corrected chi connectivity index (χ1v) is 8.89. The fourth-order valence-electron chi connectivity index (χ4n) is 1.77. The van der Waals surface area contributed by atoms with Gasteiger partial charge in [-0.3, -0.25) is 0 Å². The summed E-state index contributed by atoms with van der Waals surface area (Å²) < 4.78 is 10.8. The molecule has 14 heavy (non-hydrogen) atoms. The highest BCUT2D eigenvalue weighted by atomic mass is 28.3. The number of aliphatic hydroxyl groups is 1. The average Bonchev–Trinajstić information content (AvgIpc) is 2.64. The number of aliphatic hydroxyl groups excluding tert-OH is 1. The Morgan fingerprint density at radius 1 is 1.21 bits per heavy atom. The van der Waals surface area contributed by atoms with Gasteiger partial charge in [0.2, 0.25) is 0 Å². The second-order valence-electron chi connectivity index (χ2n) is 4.70. The minimum absolute atomic E-state index is 0.0518. The minimum Gasteiger partial charge on any atom is -0.396 e. The van der Waals surface area contributed by atoms with E-state index in [-0.39, 0.29) is 6.29 Å². The maximum atomic E-state index is 8.78. The van der Waals surface area contributed by atoms with Crippen molar-refractivity contribution >= 4 is 8.07 Å². The van der Waals surface area contributed by atoms with Crippen molar-refractivity contribution in [2.45, 2.75) is 44.3 Å². The minimum atomic E-state index is -1.11. The predicted molar refractivity (Wildman–Crippen MR) is 59.1 cm³/mol. The normalized spacial score (nSPS) is 19.1. The summed E-state index contributed by atoms with van der Waals surface area (Å²) in [7, 11) is -1.11. The summed E-state index contributed by atoms with van der Waals surface area (Å²) in [6.45, 7) is 6.58. The number of rotatable bonds is 6. The largest absolute Gasteiger partial charge is 0.396 e. The maximum absolute atomic E-state index is 8.78. The van der Waals surface area contributed by atoms with Crippen molar-refractivity contribution in [2.24, 2.45) is 0 Å². The van der Waals surface area contributed by atoms with E-state index in [1.54, 1.807) is 0 Å². The summed E-state index contributed by atoms with van der Waals surface area (Å²) in [5, 5.41) is 8.78. The Labute approximate surface area is 87.4 Å². The molecule has 0 radical (unpaired) electrons. The molecule has 0 aromatic carbocycles. The molecule has 0 aliphatic carbocycles. The van der Waals surface area contributed by atoms with Crippen LogP contribution in [0.2, 0.25) is 25.2 Å². The van der Waals surface area contributed by atoms with Gasteiger partial charge in [0.1, 0.15) is 0 Å². The van der Waals surface area contributed by atoms with Crippen molar-refractivity contribution in [3.05, 3.63) is 0 Å². The number of ether oxygens (including phenoxy) is 2. The molecule has 1 fully saturated rings. The molecule has 3 nitrogen and oxygen atoms in total. The number of hydrogen-bond acceptors (Lipinski definition) is 3. The molecule has 0 aromatic heterocycles. The summed E-state index contributed by atoms with van der Waals surface area (Å²) in [5.74, 6) is 0. The second-order valence-corrected chi connectivity index (χ2v) is 10.0. The van der Waals surface area contributed by atoms with Crippen molar-refractivity contribution in [1.82, 2.24) is 0 Å². The van der Waals surface area contributed by atoms with Crippen LogP contribution in [0.1, 0.15) is 12.8 Å². The molecule has 1 aliphatic rings. The Balaban J connectivity index is 2.14. The summed E-state index contributed by atoms with van der Waals surface area (Å²) in [6.07, 6.45) is 2.03. The van der Waals surface area contributed by atoms with Crippen LogP contribution in [0.5, 0.6) is 0 Å². The van der Waals surface area contributed by atoms with Gasteiger partial charge in [-0.25, -0.2) is 0 Å². The topological polar surface area (TPSA) is 38.7 Å². The van der Waals surface area contributed by atoms with E-state index in [9.17, 15) is 0 Å². The van der Waals surface area contributed by atoms with Crippen LogP contribution >= 0.6 is 0 Å². The molecule has 0 aromatic rings. The quantitative estimate of drug-likeness (QED) is 0.691. The van der Waals surface area contributed by atoms with Gasteiger partial charge in [0, 0.05) is 14.7 Å². The molecule has 4 heteroatoms. The van der Waals surface area contributed by atoms with Crippen molar-refractivity contribution in [1.29, 1.82) is 0 Å². The Bertz CT molecular complexity index is 155. The van der Waals surface area contributed by atoms with Crippen LogP contribution < -0.4 is 0 Å². The van der Waals surface area contributed by atoms with E-state index in [2.05, 4.69) is 13.1 Å². The standard InChI is InChI=1S/C10H22O3Si/c1-14(2,8-3-5-11)9-4-10-12-6-7-13-10/h10-11H,3-9H2,1-2H3. The van der Waals surface area contributed by atoms with E-state index in [4.69, 9.17) is 14.6 Å². The average molecular weight is 218 g/mol. The van der Waals surface area contributed by atoms with E-state index in [0.717, 1.165) is 26.1 Å². The summed E-state index contributed by atoms with van der Waals surface area (Å²) in [6, 6.07) is 2.44. The molecule has 0 atom stereocenters. The zero-order valence-corrected chi connectivity index (χ0v) is 10.3. The number of hydrogen-bond donors (Lipinski definition) is 1. The van der Waals surface area contributed by atoms with Crippen molar-refractivity contribution in [3.8, 4) is 0 Å². The van der Waals surface area contributed by atoms with Crippen molar-refractivity contribution in [3.63, 3.8) is 0 Å². The van der Waals surface area contributed by atoms with E-state index in [1.807, 2.05) is 0 Å². The lowest BCUT2D eigenvalue weighted by molar-refractivity contribution is -0.0432. The lowest BCUT2D eigenvalue weighted by Gasteiger charge is -2.23. The van der Waals surface area contributed by atoms with Crippen LogP contribution in [-0.4, -0.2) is 39.3 Å². The van der Waals surface area contributed by atoms with Crippen LogP contribution in [0.4, 0.5) is 0 Å². The van der Waals surface area contributed by atoms with Crippen molar-refractivity contribution < 1.29 is 14.6 Å². The third-order valence-corrected chi connectivity index (χ3v) is 6.11. The van der Waals surface area contributed by atoms with Gasteiger partial charge in [0.25, 0.3) is 0 Å². The van der Waals surface area contributed by atoms with Gasteiger partial charge in [-0.2, -0.15) is 0 Å². The van der Waals surface area contributed by atoms with Crippen LogP contribution in [0, 0.1) is 0 Å². The van der Waals surface area contributed by atoms with Crippen LogP contribution in [0.3, 0.4) is 0 Å². The smallest absolute Gasteiger partial charge is 0.157 e. The fraction of sp³-hybridized carbons (Fsp3) is 1.00. The van der Waals surface area contributed by atoms with Crippen LogP contribution in [0.15, 0.2) is 0 Å². The molecule has 1 rings (SSSR count). The van der Waals surface area contributed by atoms with Crippen LogP contribution in [-0.2, 0) is 9.47 Å². The molecular weight excluding hydrogens is 196 g/mol. The molecule has 1 N–H and O–H groups in total. The maximum Gasteiger partial charge on any atom is 0.157 e. The molecule has 1 saturated heterocycles. The zero-order valence-electron chi connectivity index (χ0n) is 9.29. The Morgan fingerprint density at radius 3 is 2.43 bits per heavy atom. The van der Waals surface area contributed by atoms with Gasteiger partial charge in [-0.1, -0.05) is 25.2 Å². The first-order chi connectivity index (χ1) is 6.64. The molecule has 0 saturated carbocycles. The zero-order chi connectivity index (χ0) is 10.4. The highest BCUT2D eigenvalue weighted by Gasteiger charge is 2.24. The summed E-state index contributed by atoms with van der Waals surface area (Å²) >= 11 is 0. The third kappa shape index (κ3) is 4.55. The first kappa shape index (κ1) is 12.2. The van der Waals surface area contributed by atoms with E-state index in [1.165, 1.54) is 12.1 Å².